The van der Waals surface area contributed by atoms with Crippen molar-refractivity contribution >= 4 is 22.2 Å². The quantitative estimate of drug-likeness (QED) is 0.554. The summed E-state index contributed by atoms with van der Waals surface area (Å²) < 4.78 is 44.0. The van der Waals surface area contributed by atoms with E-state index in [2.05, 4.69) is 6.92 Å². The van der Waals surface area contributed by atoms with E-state index in [1.807, 2.05) is 24.3 Å². The number of methoxy groups -OCH3 is 3. The van der Waals surface area contributed by atoms with Crippen LogP contribution in [0.4, 0.5) is 0 Å². The van der Waals surface area contributed by atoms with Crippen LogP contribution in [-0.2, 0) is 21.5 Å². The number of carbonyl (C=O) groups is 1. The SMILES string of the molecule is COc1cc(C=C2CC3C4CCc5cc(OS(N)(=O)=O)ccc5C4CC[C@]3(C)C2=O)cc(OC)c1OC. The molecular formula is C28H33NO7S. The molecule has 0 amide bonds. The van der Waals surface area contributed by atoms with Crippen molar-refractivity contribution in [1.82, 2.24) is 0 Å². The van der Waals surface area contributed by atoms with E-state index in [4.69, 9.17) is 23.5 Å². The van der Waals surface area contributed by atoms with E-state index in [0.717, 1.165) is 48.8 Å². The maximum atomic E-state index is 13.8. The number of aryl methyl sites for hydroxylation is 1. The topological polar surface area (TPSA) is 114 Å². The van der Waals surface area contributed by atoms with Crippen LogP contribution in [0.5, 0.6) is 23.0 Å². The van der Waals surface area contributed by atoms with E-state index >= 15 is 0 Å². The fourth-order valence-corrected chi connectivity index (χ4v) is 7.30. The summed E-state index contributed by atoms with van der Waals surface area (Å²) in [7, 11) is 0.660. The predicted octanol–water partition coefficient (Wildman–Crippen LogP) is 4.41. The average Bonchev–Trinajstić information content (AvgIpc) is 3.11. The first kappa shape index (κ1) is 25.6. The van der Waals surface area contributed by atoms with Gasteiger partial charge in [0.1, 0.15) is 5.75 Å². The van der Waals surface area contributed by atoms with Gasteiger partial charge < -0.3 is 18.4 Å². The Labute approximate surface area is 218 Å². The lowest BCUT2D eigenvalue weighted by atomic mass is 9.55. The van der Waals surface area contributed by atoms with E-state index in [1.54, 1.807) is 33.5 Å². The van der Waals surface area contributed by atoms with E-state index in [9.17, 15) is 13.2 Å². The van der Waals surface area contributed by atoms with Crippen LogP contribution < -0.4 is 23.5 Å². The van der Waals surface area contributed by atoms with Crippen LogP contribution in [0.15, 0.2) is 35.9 Å². The zero-order valence-corrected chi connectivity index (χ0v) is 22.4. The largest absolute Gasteiger partial charge is 0.493 e. The Morgan fingerprint density at radius 3 is 2.35 bits per heavy atom. The molecule has 8 nitrogen and oxygen atoms in total. The first-order valence-corrected chi connectivity index (χ1v) is 14.0. The Morgan fingerprint density at radius 1 is 1.03 bits per heavy atom. The highest BCUT2D eigenvalue weighted by Gasteiger charge is 2.56. The minimum Gasteiger partial charge on any atom is -0.493 e. The van der Waals surface area contributed by atoms with Gasteiger partial charge in [0.25, 0.3) is 0 Å². The number of hydrogen-bond acceptors (Lipinski definition) is 7. The molecule has 3 aliphatic rings. The van der Waals surface area contributed by atoms with Crippen molar-refractivity contribution in [3.05, 3.63) is 52.6 Å². The van der Waals surface area contributed by atoms with Crippen molar-refractivity contribution < 1.29 is 31.6 Å². The number of benzene rings is 2. The lowest BCUT2D eigenvalue weighted by Crippen LogP contribution is -2.42. The van der Waals surface area contributed by atoms with Gasteiger partial charge >= 0.3 is 10.3 Å². The maximum absolute atomic E-state index is 13.8. The number of allylic oxidation sites excluding steroid dienone is 1. The van der Waals surface area contributed by atoms with Crippen molar-refractivity contribution in [3.63, 3.8) is 0 Å². The number of hydrogen-bond donors (Lipinski definition) is 1. The third-order valence-corrected chi connectivity index (χ3v) is 9.00. The van der Waals surface area contributed by atoms with Gasteiger partial charge in [0.05, 0.1) is 21.3 Å². The molecule has 2 saturated carbocycles. The molecular weight excluding hydrogens is 494 g/mol. The normalized spacial score (nSPS) is 27.8. The number of ketones is 1. The third kappa shape index (κ3) is 4.48. The van der Waals surface area contributed by atoms with E-state index in [1.165, 1.54) is 5.56 Å². The Morgan fingerprint density at radius 2 is 1.73 bits per heavy atom. The van der Waals surface area contributed by atoms with Gasteiger partial charge in [-0.2, -0.15) is 13.6 Å². The first-order chi connectivity index (χ1) is 17.6. The molecule has 37 heavy (non-hydrogen) atoms. The second kappa shape index (κ2) is 9.36. The van der Waals surface area contributed by atoms with Gasteiger partial charge in [0.2, 0.25) is 5.75 Å². The highest BCUT2D eigenvalue weighted by Crippen LogP contribution is 2.61. The van der Waals surface area contributed by atoms with Crippen LogP contribution in [0.1, 0.15) is 55.2 Å². The molecule has 5 rings (SSSR count). The Bertz CT molecular complexity index is 1360. The highest BCUT2D eigenvalue weighted by molar-refractivity contribution is 7.84. The molecule has 0 saturated heterocycles. The molecule has 0 spiro atoms. The molecule has 0 heterocycles. The van der Waals surface area contributed by atoms with Crippen molar-refractivity contribution in [2.45, 2.75) is 44.9 Å². The molecule has 4 atom stereocenters. The molecule has 0 bridgehead atoms. The number of fused-ring (bicyclic) bond motifs is 5. The van der Waals surface area contributed by atoms with Gasteiger partial charge in [-0.3, -0.25) is 4.79 Å². The number of rotatable bonds is 6. The van der Waals surface area contributed by atoms with E-state index in [-0.39, 0.29) is 22.9 Å². The molecule has 0 aliphatic heterocycles. The molecule has 2 fully saturated rings. The summed E-state index contributed by atoms with van der Waals surface area (Å²) in [5.74, 6) is 3.06. The molecule has 3 aliphatic carbocycles. The van der Waals surface area contributed by atoms with Gasteiger partial charge in [-0.25, -0.2) is 0 Å². The molecule has 2 N–H and O–H groups in total. The summed E-state index contributed by atoms with van der Waals surface area (Å²) in [6.07, 6.45) is 6.20. The lowest BCUT2D eigenvalue weighted by Gasteiger charge is -2.48. The molecule has 3 unspecified atom stereocenters. The number of nitrogens with two attached hydrogens (primary N) is 1. The standard InChI is InChI=1S/C28H33NO7S/c1-28-10-9-21-20-8-6-19(36-37(29,31)32)14-17(20)5-7-22(21)23(28)15-18(27(28)30)11-16-12-24(33-2)26(35-4)25(13-16)34-3/h6,8,11-14,21-23H,5,7,9-10,15H2,1-4H3,(H2,29,31,32)/t21?,22?,23?,28-/m0/s1. The molecule has 0 aromatic heterocycles. The van der Waals surface area contributed by atoms with Crippen LogP contribution >= 0.6 is 0 Å². The first-order valence-electron chi connectivity index (χ1n) is 12.5. The maximum Gasteiger partial charge on any atom is 0.380 e. The fraction of sp³-hybridized carbons (Fsp3) is 0.464. The molecule has 2 aromatic rings. The summed E-state index contributed by atoms with van der Waals surface area (Å²) in [6, 6.07) is 9.17. The Kier molecular flexibility index (Phi) is 6.48. The summed E-state index contributed by atoms with van der Waals surface area (Å²) >= 11 is 0. The summed E-state index contributed by atoms with van der Waals surface area (Å²) in [6.45, 7) is 2.13. The minimum atomic E-state index is -4.06. The van der Waals surface area contributed by atoms with Crippen LogP contribution in [0, 0.1) is 17.3 Å². The van der Waals surface area contributed by atoms with Gasteiger partial charge in [-0.05, 0) is 102 Å². The number of ether oxygens (including phenoxy) is 3. The van der Waals surface area contributed by atoms with Crippen LogP contribution in [0.25, 0.3) is 6.08 Å². The van der Waals surface area contributed by atoms with Crippen LogP contribution in [0.2, 0.25) is 0 Å². The van der Waals surface area contributed by atoms with Crippen LogP contribution in [0.3, 0.4) is 0 Å². The zero-order valence-electron chi connectivity index (χ0n) is 21.6. The van der Waals surface area contributed by atoms with Gasteiger partial charge in [0.15, 0.2) is 17.3 Å². The van der Waals surface area contributed by atoms with Crippen molar-refractivity contribution in [2.24, 2.45) is 22.4 Å². The third-order valence-electron chi connectivity index (χ3n) is 8.58. The van der Waals surface area contributed by atoms with Gasteiger partial charge in [-0.1, -0.05) is 13.0 Å². The lowest BCUT2D eigenvalue weighted by molar-refractivity contribution is -0.127. The van der Waals surface area contributed by atoms with Gasteiger partial charge in [-0.15, -0.1) is 0 Å². The average molecular weight is 528 g/mol. The molecule has 9 heteroatoms. The van der Waals surface area contributed by atoms with E-state index < -0.39 is 10.3 Å². The monoisotopic (exact) mass is 527 g/mol. The van der Waals surface area contributed by atoms with Crippen molar-refractivity contribution in [3.8, 4) is 23.0 Å². The van der Waals surface area contributed by atoms with Crippen molar-refractivity contribution in [2.75, 3.05) is 21.3 Å². The molecule has 0 radical (unpaired) electrons. The summed E-state index contributed by atoms with van der Waals surface area (Å²) in [5, 5.41) is 5.04. The summed E-state index contributed by atoms with van der Waals surface area (Å²) in [4.78, 5) is 13.8. The van der Waals surface area contributed by atoms with E-state index in [0.29, 0.717) is 29.1 Å². The number of Topliss-reactive ketones (excluding diaryl/α,β-unsaturated/α-hetero) is 1. The Hall–Kier alpha value is -3.04. The minimum absolute atomic E-state index is 0.229. The second-order valence-corrected chi connectivity index (χ2v) is 11.6. The van der Waals surface area contributed by atoms with Crippen LogP contribution in [-0.4, -0.2) is 35.5 Å². The number of carbonyl (C=O) groups excluding carboxylic acids is 1. The fourth-order valence-electron chi connectivity index (χ4n) is 6.93. The zero-order chi connectivity index (χ0) is 26.5. The predicted molar refractivity (Wildman–Crippen MR) is 139 cm³/mol. The molecule has 2 aromatic carbocycles. The highest BCUT2D eigenvalue weighted by atomic mass is 32.2. The second-order valence-electron chi connectivity index (χ2n) is 10.5. The summed E-state index contributed by atoms with van der Waals surface area (Å²) in [5.41, 5.74) is 3.62. The molecule has 198 valence electrons. The smallest absolute Gasteiger partial charge is 0.380 e. The van der Waals surface area contributed by atoms with Crippen molar-refractivity contribution in [1.29, 1.82) is 0 Å². The Balaban J connectivity index is 1.45. The van der Waals surface area contributed by atoms with Gasteiger partial charge in [0, 0.05) is 5.41 Å².